The molecule has 2 rings (SSSR count). The Labute approximate surface area is 94.0 Å². The summed E-state index contributed by atoms with van der Waals surface area (Å²) in [5.41, 5.74) is 5.03. The molecular formula is C13H18NSi. The smallest absolute Gasteiger partial charge is 0.0549 e. The lowest BCUT2D eigenvalue weighted by Gasteiger charge is -2.15. The number of benzene rings is 1. The highest BCUT2D eigenvalue weighted by molar-refractivity contribution is 6.58. The molecule has 1 unspecified atom stereocenters. The minimum atomic E-state index is -0.293. The van der Waals surface area contributed by atoms with Crippen molar-refractivity contribution >= 4 is 14.5 Å². The molecule has 1 aromatic rings. The first-order chi connectivity index (χ1) is 7.11. The maximum atomic E-state index is 2.44. The lowest BCUT2D eigenvalue weighted by Crippen LogP contribution is -2.11. The molecule has 15 heavy (non-hydrogen) atoms. The number of allylic oxidation sites excluding steroid dienone is 1. The Balaban J connectivity index is 2.49. The molecule has 0 bridgehead atoms. The molecule has 0 aliphatic heterocycles. The van der Waals surface area contributed by atoms with E-state index in [1.807, 2.05) is 0 Å². The minimum Gasteiger partial charge on any atom is -0.377 e. The SMILES string of the molecule is CN(C)C1=CC([Si](C)C)c2ccccc21. The van der Waals surface area contributed by atoms with Gasteiger partial charge in [-0.25, -0.2) is 0 Å². The van der Waals surface area contributed by atoms with E-state index in [0.29, 0.717) is 5.54 Å². The van der Waals surface area contributed by atoms with Gasteiger partial charge < -0.3 is 4.90 Å². The largest absolute Gasteiger partial charge is 0.377 e. The molecule has 1 aliphatic rings. The summed E-state index contributed by atoms with van der Waals surface area (Å²) in [4.78, 5) is 2.23. The van der Waals surface area contributed by atoms with Crippen molar-refractivity contribution in [2.24, 2.45) is 0 Å². The molecule has 1 aliphatic carbocycles. The van der Waals surface area contributed by atoms with Crippen molar-refractivity contribution in [3.8, 4) is 0 Å². The Kier molecular flexibility index (Phi) is 2.70. The molecule has 0 saturated carbocycles. The Bertz CT molecular complexity index is 393. The van der Waals surface area contributed by atoms with Crippen molar-refractivity contribution < 1.29 is 0 Å². The van der Waals surface area contributed by atoms with E-state index in [-0.39, 0.29) is 8.80 Å². The molecular weight excluding hydrogens is 198 g/mol. The van der Waals surface area contributed by atoms with Gasteiger partial charge in [0.25, 0.3) is 0 Å². The van der Waals surface area contributed by atoms with Crippen LogP contribution in [0.4, 0.5) is 0 Å². The van der Waals surface area contributed by atoms with Gasteiger partial charge in [-0.3, -0.25) is 0 Å². The zero-order chi connectivity index (χ0) is 11.0. The van der Waals surface area contributed by atoms with E-state index in [1.165, 1.54) is 16.8 Å². The molecule has 0 amide bonds. The van der Waals surface area contributed by atoms with Crippen molar-refractivity contribution in [2.45, 2.75) is 18.6 Å². The van der Waals surface area contributed by atoms with E-state index in [1.54, 1.807) is 0 Å². The maximum absolute atomic E-state index is 2.44. The number of hydrogen-bond acceptors (Lipinski definition) is 1. The van der Waals surface area contributed by atoms with E-state index in [4.69, 9.17) is 0 Å². The van der Waals surface area contributed by atoms with Gasteiger partial charge >= 0.3 is 0 Å². The third kappa shape index (κ3) is 1.74. The molecule has 1 nitrogen and oxygen atoms in total. The maximum Gasteiger partial charge on any atom is 0.0549 e. The van der Waals surface area contributed by atoms with Crippen molar-refractivity contribution in [2.75, 3.05) is 14.1 Å². The van der Waals surface area contributed by atoms with E-state index < -0.39 is 0 Å². The summed E-state index contributed by atoms with van der Waals surface area (Å²) in [6.07, 6.45) is 2.44. The molecule has 1 radical (unpaired) electrons. The first kappa shape index (κ1) is 10.5. The average Bonchev–Trinajstić information content (AvgIpc) is 2.56. The van der Waals surface area contributed by atoms with Gasteiger partial charge in [-0.2, -0.15) is 0 Å². The lowest BCUT2D eigenvalue weighted by atomic mass is 10.1. The summed E-state index contributed by atoms with van der Waals surface area (Å²) < 4.78 is 0. The summed E-state index contributed by atoms with van der Waals surface area (Å²) in [6.45, 7) is 4.78. The van der Waals surface area contributed by atoms with Crippen LogP contribution < -0.4 is 0 Å². The fourth-order valence-corrected chi connectivity index (χ4v) is 3.57. The average molecular weight is 216 g/mol. The molecule has 1 atom stereocenters. The normalized spacial score (nSPS) is 19.0. The zero-order valence-electron chi connectivity index (χ0n) is 9.91. The van der Waals surface area contributed by atoms with Crippen molar-refractivity contribution in [1.82, 2.24) is 4.90 Å². The Morgan fingerprint density at radius 3 is 2.40 bits per heavy atom. The van der Waals surface area contributed by atoms with Crippen LogP contribution in [0, 0.1) is 0 Å². The van der Waals surface area contributed by atoms with Crippen molar-refractivity contribution in [3.05, 3.63) is 41.5 Å². The third-order valence-corrected chi connectivity index (χ3v) is 4.72. The van der Waals surface area contributed by atoms with Crippen LogP contribution in [0.2, 0.25) is 13.1 Å². The molecule has 0 saturated heterocycles. The predicted molar refractivity (Wildman–Crippen MR) is 68.3 cm³/mol. The monoisotopic (exact) mass is 216 g/mol. The highest BCUT2D eigenvalue weighted by Crippen LogP contribution is 2.37. The minimum absolute atomic E-state index is 0.293. The van der Waals surface area contributed by atoms with Gasteiger partial charge in [0, 0.05) is 25.4 Å². The number of rotatable bonds is 2. The molecule has 0 N–H and O–H groups in total. The lowest BCUT2D eigenvalue weighted by molar-refractivity contribution is 0.593. The van der Waals surface area contributed by atoms with Gasteiger partial charge in [0.05, 0.1) is 8.80 Å². The van der Waals surface area contributed by atoms with Gasteiger partial charge in [0.15, 0.2) is 0 Å². The van der Waals surface area contributed by atoms with E-state index >= 15 is 0 Å². The summed E-state index contributed by atoms with van der Waals surface area (Å²) in [7, 11) is 3.96. The molecule has 79 valence electrons. The van der Waals surface area contributed by atoms with Gasteiger partial charge in [-0.05, 0) is 11.1 Å². The van der Waals surface area contributed by atoms with E-state index in [0.717, 1.165) is 0 Å². The van der Waals surface area contributed by atoms with Crippen LogP contribution in [0.5, 0.6) is 0 Å². The highest BCUT2D eigenvalue weighted by atomic mass is 28.3. The number of fused-ring (bicyclic) bond motifs is 1. The Morgan fingerprint density at radius 1 is 1.13 bits per heavy atom. The van der Waals surface area contributed by atoms with Gasteiger partial charge in [-0.15, -0.1) is 0 Å². The quantitative estimate of drug-likeness (QED) is 0.687. The molecule has 0 fully saturated rings. The van der Waals surface area contributed by atoms with E-state index in [2.05, 4.69) is 62.4 Å². The molecule has 0 spiro atoms. The summed E-state index contributed by atoms with van der Waals surface area (Å²) in [6, 6.07) is 8.82. The Hall–Kier alpha value is -1.02. The molecule has 1 aromatic carbocycles. The second-order valence-electron chi connectivity index (χ2n) is 4.59. The summed E-state index contributed by atoms with van der Waals surface area (Å²) in [5.74, 6) is 0. The second-order valence-corrected chi connectivity index (χ2v) is 7.37. The fraction of sp³-hybridized carbons (Fsp3) is 0.385. The predicted octanol–water partition coefficient (Wildman–Crippen LogP) is 2.98. The fourth-order valence-electron chi connectivity index (χ4n) is 2.21. The summed E-state index contributed by atoms with van der Waals surface area (Å²) in [5, 5.41) is 0. The number of nitrogens with zero attached hydrogens (tertiary/aromatic N) is 1. The standard InChI is InChI=1S/C13H18NSi/c1-14(2)12-9-13(15(3)4)11-8-6-5-7-10(11)12/h5-9,13H,1-4H3. The second kappa shape index (κ2) is 3.85. The third-order valence-electron chi connectivity index (χ3n) is 3.00. The Morgan fingerprint density at radius 2 is 1.80 bits per heavy atom. The van der Waals surface area contributed by atoms with Gasteiger partial charge in [-0.1, -0.05) is 43.4 Å². The van der Waals surface area contributed by atoms with Gasteiger partial charge in [0.1, 0.15) is 0 Å². The van der Waals surface area contributed by atoms with Gasteiger partial charge in [0.2, 0.25) is 0 Å². The van der Waals surface area contributed by atoms with Crippen LogP contribution in [-0.2, 0) is 0 Å². The van der Waals surface area contributed by atoms with Crippen LogP contribution in [0.3, 0.4) is 0 Å². The van der Waals surface area contributed by atoms with Crippen LogP contribution in [-0.4, -0.2) is 27.8 Å². The van der Waals surface area contributed by atoms with Crippen LogP contribution in [0.15, 0.2) is 30.3 Å². The first-order valence-electron chi connectivity index (χ1n) is 5.39. The highest BCUT2D eigenvalue weighted by Gasteiger charge is 2.26. The molecule has 2 heteroatoms. The van der Waals surface area contributed by atoms with Crippen molar-refractivity contribution in [1.29, 1.82) is 0 Å². The first-order valence-corrected chi connectivity index (χ1v) is 7.97. The van der Waals surface area contributed by atoms with Crippen LogP contribution in [0.1, 0.15) is 16.7 Å². The van der Waals surface area contributed by atoms with Crippen LogP contribution >= 0.6 is 0 Å². The molecule has 0 aromatic heterocycles. The van der Waals surface area contributed by atoms with E-state index in [9.17, 15) is 0 Å². The van der Waals surface area contributed by atoms with Crippen LogP contribution in [0.25, 0.3) is 5.70 Å². The topological polar surface area (TPSA) is 3.24 Å². The zero-order valence-corrected chi connectivity index (χ0v) is 10.9. The van der Waals surface area contributed by atoms with Crippen molar-refractivity contribution in [3.63, 3.8) is 0 Å². The number of hydrogen-bond donors (Lipinski definition) is 0. The summed E-state index contributed by atoms with van der Waals surface area (Å²) >= 11 is 0. The molecule has 0 heterocycles.